The molecule has 0 bridgehead atoms. The van der Waals surface area contributed by atoms with Gasteiger partial charge in [-0.1, -0.05) is 81.4 Å². The molecular weight excluding hydrogens is 430 g/mol. The molecule has 0 saturated carbocycles. The Bertz CT molecular complexity index is 866. The monoisotopic (exact) mass is 469 g/mol. The Labute approximate surface area is 200 Å². The van der Waals surface area contributed by atoms with E-state index in [1.54, 1.807) is 0 Å². The van der Waals surface area contributed by atoms with Gasteiger partial charge >= 0.3 is 6.09 Å². The minimum absolute atomic E-state index is 0.0821. The number of morpholine rings is 1. The van der Waals surface area contributed by atoms with Crippen molar-refractivity contribution in [2.45, 2.75) is 71.2 Å². The summed E-state index contributed by atoms with van der Waals surface area (Å²) in [6.07, 6.45) is -0.311. The topological polar surface area (TPSA) is 48.0 Å². The minimum Gasteiger partial charge on any atom is -0.444 e. The molecule has 180 valence electrons. The highest BCUT2D eigenvalue weighted by molar-refractivity contribution is 6.99. The van der Waals surface area contributed by atoms with Crippen molar-refractivity contribution >= 4 is 24.8 Å². The molecule has 1 amide bonds. The zero-order valence-electron chi connectivity index (χ0n) is 21.1. The summed E-state index contributed by atoms with van der Waals surface area (Å²) in [7, 11) is -2.70. The van der Waals surface area contributed by atoms with Crippen molar-refractivity contribution in [3.63, 3.8) is 0 Å². The van der Waals surface area contributed by atoms with E-state index in [0.717, 1.165) is 0 Å². The molecule has 0 aromatic heterocycles. The first-order valence-electron chi connectivity index (χ1n) is 11.8. The van der Waals surface area contributed by atoms with E-state index in [2.05, 4.69) is 69.3 Å². The van der Waals surface area contributed by atoms with Crippen LogP contribution in [0.5, 0.6) is 0 Å². The van der Waals surface area contributed by atoms with Crippen LogP contribution in [-0.4, -0.2) is 56.8 Å². The lowest BCUT2D eigenvalue weighted by Crippen LogP contribution is -2.68. The van der Waals surface area contributed by atoms with Gasteiger partial charge in [-0.2, -0.15) is 0 Å². The predicted octanol–water partition coefficient (Wildman–Crippen LogP) is 4.59. The molecule has 2 atom stereocenters. The van der Waals surface area contributed by atoms with Crippen molar-refractivity contribution in [1.29, 1.82) is 0 Å². The summed E-state index contributed by atoms with van der Waals surface area (Å²) in [4.78, 5) is 14.9. The van der Waals surface area contributed by atoms with Crippen LogP contribution < -0.4 is 10.4 Å². The molecule has 2 aromatic rings. The Hall–Kier alpha value is -2.15. The molecule has 6 heteroatoms. The summed E-state index contributed by atoms with van der Waals surface area (Å²) in [5.74, 6) is 0. The average Bonchev–Trinajstić information content (AvgIpc) is 2.73. The fourth-order valence-corrected chi connectivity index (χ4v) is 9.25. The standard InChI is InChI=1S/C27H39NO4Si/c1-21-18-30-19-22(28(21)25(29)32-26(2,3)4)20-31-33(27(5,6)7,23-14-10-8-11-15-23)24-16-12-9-13-17-24/h8-17,21-22H,18-20H2,1-7H3/t21-,22-/m1/s1. The van der Waals surface area contributed by atoms with E-state index in [-0.39, 0.29) is 23.2 Å². The van der Waals surface area contributed by atoms with Crippen molar-refractivity contribution < 1.29 is 18.7 Å². The quantitative estimate of drug-likeness (QED) is 0.601. The first-order valence-corrected chi connectivity index (χ1v) is 13.7. The third-order valence-corrected chi connectivity index (χ3v) is 11.1. The van der Waals surface area contributed by atoms with Crippen molar-refractivity contribution in [3.05, 3.63) is 60.7 Å². The van der Waals surface area contributed by atoms with Gasteiger partial charge in [0.2, 0.25) is 0 Å². The van der Waals surface area contributed by atoms with Crippen LogP contribution >= 0.6 is 0 Å². The molecule has 0 spiro atoms. The first kappa shape index (κ1) is 25.5. The average molecular weight is 470 g/mol. The molecule has 33 heavy (non-hydrogen) atoms. The fraction of sp³-hybridized carbons (Fsp3) is 0.519. The minimum atomic E-state index is -2.70. The van der Waals surface area contributed by atoms with Gasteiger partial charge in [-0.3, -0.25) is 4.90 Å². The SMILES string of the molecule is C[C@@H]1COC[C@H](CO[Si](c2ccccc2)(c2ccccc2)C(C)(C)C)N1C(=O)OC(C)(C)C. The molecule has 1 aliphatic rings. The number of hydrogen-bond donors (Lipinski definition) is 0. The van der Waals surface area contributed by atoms with Gasteiger partial charge in [0.05, 0.1) is 31.9 Å². The molecule has 0 radical (unpaired) electrons. The lowest BCUT2D eigenvalue weighted by atomic mass is 10.1. The van der Waals surface area contributed by atoms with Crippen LogP contribution in [0.3, 0.4) is 0 Å². The van der Waals surface area contributed by atoms with Crippen molar-refractivity contribution in [1.82, 2.24) is 4.90 Å². The van der Waals surface area contributed by atoms with Crippen LogP contribution in [0.2, 0.25) is 5.04 Å². The van der Waals surface area contributed by atoms with Gasteiger partial charge in [-0.25, -0.2) is 4.79 Å². The van der Waals surface area contributed by atoms with Crippen LogP contribution in [0.15, 0.2) is 60.7 Å². The number of ether oxygens (including phenoxy) is 2. The highest BCUT2D eigenvalue weighted by atomic mass is 28.4. The number of carbonyl (C=O) groups excluding carboxylic acids is 1. The fourth-order valence-electron chi connectivity index (χ4n) is 4.65. The van der Waals surface area contributed by atoms with Crippen LogP contribution in [0.25, 0.3) is 0 Å². The molecule has 1 aliphatic heterocycles. The number of carbonyl (C=O) groups is 1. The van der Waals surface area contributed by atoms with Gasteiger partial charge in [0, 0.05) is 0 Å². The van der Waals surface area contributed by atoms with Gasteiger partial charge in [-0.05, 0) is 43.1 Å². The second kappa shape index (κ2) is 10.00. The Morgan fingerprint density at radius 2 is 1.45 bits per heavy atom. The maximum Gasteiger partial charge on any atom is 0.411 e. The van der Waals surface area contributed by atoms with E-state index in [9.17, 15) is 4.79 Å². The molecule has 1 saturated heterocycles. The molecule has 1 heterocycles. The molecule has 2 aromatic carbocycles. The maximum atomic E-state index is 13.1. The largest absolute Gasteiger partial charge is 0.444 e. The molecule has 3 rings (SSSR count). The Kier molecular flexibility index (Phi) is 7.71. The third-order valence-electron chi connectivity index (χ3n) is 6.05. The van der Waals surface area contributed by atoms with Gasteiger partial charge in [-0.15, -0.1) is 0 Å². The van der Waals surface area contributed by atoms with Crippen molar-refractivity contribution in [3.8, 4) is 0 Å². The summed E-state index contributed by atoms with van der Waals surface area (Å²) in [6.45, 7) is 15.8. The predicted molar refractivity (Wildman–Crippen MR) is 136 cm³/mol. The highest BCUT2D eigenvalue weighted by Crippen LogP contribution is 2.37. The van der Waals surface area contributed by atoms with Crippen molar-refractivity contribution in [2.24, 2.45) is 0 Å². The lowest BCUT2D eigenvalue weighted by molar-refractivity contribution is -0.0662. The number of nitrogens with zero attached hydrogens (tertiary/aromatic N) is 1. The normalized spacial score (nSPS) is 19.9. The Balaban J connectivity index is 1.99. The molecular formula is C27H39NO4Si. The van der Waals surface area contributed by atoms with Gasteiger partial charge in [0.15, 0.2) is 0 Å². The van der Waals surface area contributed by atoms with E-state index in [1.165, 1.54) is 10.4 Å². The van der Waals surface area contributed by atoms with E-state index in [1.807, 2.05) is 44.7 Å². The van der Waals surface area contributed by atoms with Crippen LogP contribution in [0.1, 0.15) is 48.5 Å². The van der Waals surface area contributed by atoms with Gasteiger partial charge < -0.3 is 13.9 Å². The lowest BCUT2D eigenvalue weighted by Gasteiger charge is -2.46. The zero-order chi connectivity index (χ0) is 24.3. The summed E-state index contributed by atoms with van der Waals surface area (Å²) in [5, 5.41) is 2.31. The van der Waals surface area contributed by atoms with Gasteiger partial charge in [0.25, 0.3) is 8.32 Å². The summed E-state index contributed by atoms with van der Waals surface area (Å²) in [5.41, 5.74) is -0.557. The van der Waals surface area contributed by atoms with Gasteiger partial charge in [0.1, 0.15) is 5.60 Å². The zero-order valence-corrected chi connectivity index (χ0v) is 22.1. The Morgan fingerprint density at radius 3 is 1.91 bits per heavy atom. The number of rotatable bonds is 5. The van der Waals surface area contributed by atoms with Crippen LogP contribution in [0, 0.1) is 0 Å². The molecule has 0 aliphatic carbocycles. The molecule has 5 nitrogen and oxygen atoms in total. The smallest absolute Gasteiger partial charge is 0.411 e. The molecule has 0 N–H and O–H groups in total. The second-order valence-corrected chi connectivity index (χ2v) is 15.2. The molecule has 0 unspecified atom stereocenters. The Morgan fingerprint density at radius 1 is 0.939 bits per heavy atom. The van der Waals surface area contributed by atoms with Crippen molar-refractivity contribution in [2.75, 3.05) is 19.8 Å². The first-order chi connectivity index (χ1) is 15.5. The summed E-state index contributed by atoms with van der Waals surface area (Å²) in [6, 6.07) is 20.8. The molecule has 1 fully saturated rings. The summed E-state index contributed by atoms with van der Waals surface area (Å²) < 4.78 is 18.7. The van der Waals surface area contributed by atoms with Crippen LogP contribution in [-0.2, 0) is 13.9 Å². The number of benzene rings is 2. The number of amides is 1. The van der Waals surface area contributed by atoms with E-state index in [0.29, 0.717) is 19.8 Å². The van der Waals surface area contributed by atoms with E-state index < -0.39 is 13.9 Å². The second-order valence-electron chi connectivity index (χ2n) is 10.9. The van der Waals surface area contributed by atoms with E-state index >= 15 is 0 Å². The third kappa shape index (κ3) is 5.68. The number of hydrogen-bond acceptors (Lipinski definition) is 4. The maximum absolute atomic E-state index is 13.1. The van der Waals surface area contributed by atoms with Crippen LogP contribution in [0.4, 0.5) is 4.79 Å². The summed E-state index contributed by atoms with van der Waals surface area (Å²) >= 11 is 0. The highest BCUT2D eigenvalue weighted by Gasteiger charge is 2.51. The van der Waals surface area contributed by atoms with E-state index in [4.69, 9.17) is 13.9 Å².